The van der Waals surface area contributed by atoms with Crippen LogP contribution in [0.5, 0.6) is 0 Å². The van der Waals surface area contributed by atoms with Gasteiger partial charge in [0.1, 0.15) is 0 Å². The Labute approximate surface area is 106 Å². The number of rotatable bonds is 3. The second-order valence-electron chi connectivity index (χ2n) is 7.32. The van der Waals surface area contributed by atoms with E-state index in [0.29, 0.717) is 0 Å². The molecule has 0 saturated heterocycles. The molecule has 0 amide bonds. The predicted octanol–water partition coefficient (Wildman–Crippen LogP) is 3.59. The fourth-order valence-corrected chi connectivity index (χ4v) is 5.63. The molecule has 4 rings (SSSR count). The molecule has 17 heavy (non-hydrogen) atoms. The van der Waals surface area contributed by atoms with Gasteiger partial charge in [-0.05, 0) is 61.7 Å². The van der Waals surface area contributed by atoms with Gasteiger partial charge in [0, 0.05) is 12.1 Å². The molecular weight excluding hydrogens is 206 g/mol. The van der Waals surface area contributed by atoms with Crippen LogP contribution in [-0.4, -0.2) is 12.1 Å². The molecule has 4 aliphatic carbocycles. The lowest BCUT2D eigenvalue weighted by atomic mass is 9.84. The maximum Gasteiger partial charge on any atom is 0.0138 e. The maximum absolute atomic E-state index is 4.06. The summed E-state index contributed by atoms with van der Waals surface area (Å²) in [5.41, 5.74) is 0. The molecule has 6 unspecified atom stereocenters. The van der Waals surface area contributed by atoms with E-state index in [4.69, 9.17) is 0 Å². The third kappa shape index (κ3) is 1.69. The maximum atomic E-state index is 4.06. The highest BCUT2D eigenvalue weighted by Gasteiger charge is 2.64. The smallest absolute Gasteiger partial charge is 0.0138 e. The fourth-order valence-electron chi connectivity index (χ4n) is 5.63. The van der Waals surface area contributed by atoms with Crippen molar-refractivity contribution in [1.82, 2.24) is 5.32 Å². The zero-order valence-corrected chi connectivity index (χ0v) is 11.2. The van der Waals surface area contributed by atoms with Gasteiger partial charge in [0.2, 0.25) is 0 Å². The summed E-state index contributed by atoms with van der Waals surface area (Å²) < 4.78 is 0. The van der Waals surface area contributed by atoms with Gasteiger partial charge < -0.3 is 5.32 Å². The van der Waals surface area contributed by atoms with Crippen molar-refractivity contribution in [3.8, 4) is 0 Å². The summed E-state index contributed by atoms with van der Waals surface area (Å²) in [4.78, 5) is 0. The monoisotopic (exact) mass is 233 g/mol. The number of hydrogen-bond donors (Lipinski definition) is 1. The van der Waals surface area contributed by atoms with E-state index >= 15 is 0 Å². The molecule has 96 valence electrons. The normalized spacial score (nSPS) is 55.9. The van der Waals surface area contributed by atoms with Crippen molar-refractivity contribution in [3.05, 3.63) is 0 Å². The molecule has 0 aromatic carbocycles. The van der Waals surface area contributed by atoms with Gasteiger partial charge in [-0.3, -0.25) is 0 Å². The summed E-state index contributed by atoms with van der Waals surface area (Å²) in [6.07, 6.45) is 12.0. The van der Waals surface area contributed by atoms with Crippen LogP contribution in [-0.2, 0) is 0 Å². The lowest BCUT2D eigenvalue weighted by Crippen LogP contribution is -2.37. The van der Waals surface area contributed by atoms with Crippen LogP contribution in [0.4, 0.5) is 0 Å². The van der Waals surface area contributed by atoms with Gasteiger partial charge in [0.25, 0.3) is 0 Å². The molecule has 0 spiro atoms. The van der Waals surface area contributed by atoms with Crippen molar-refractivity contribution in [2.45, 2.75) is 70.4 Å². The third-order valence-electron chi connectivity index (χ3n) is 6.52. The molecule has 4 fully saturated rings. The Morgan fingerprint density at radius 1 is 0.941 bits per heavy atom. The van der Waals surface area contributed by atoms with Crippen LogP contribution < -0.4 is 5.32 Å². The van der Waals surface area contributed by atoms with Crippen molar-refractivity contribution in [2.24, 2.45) is 29.6 Å². The molecule has 1 nitrogen and oxygen atoms in total. The van der Waals surface area contributed by atoms with Gasteiger partial charge >= 0.3 is 0 Å². The molecule has 0 radical (unpaired) electrons. The molecule has 0 heterocycles. The summed E-state index contributed by atoms with van der Waals surface area (Å²) in [6, 6.07) is 1.84. The highest BCUT2D eigenvalue weighted by atomic mass is 15.0. The first-order valence-corrected chi connectivity index (χ1v) is 8.13. The van der Waals surface area contributed by atoms with Gasteiger partial charge in [-0.2, -0.15) is 0 Å². The number of hydrogen-bond acceptors (Lipinski definition) is 1. The second kappa shape index (κ2) is 3.98. The highest BCUT2D eigenvalue weighted by molar-refractivity contribution is 5.17. The Bertz CT molecular complexity index is 284. The van der Waals surface area contributed by atoms with Crippen LogP contribution in [0.15, 0.2) is 0 Å². The van der Waals surface area contributed by atoms with E-state index in [1.807, 2.05) is 0 Å². The first-order valence-electron chi connectivity index (χ1n) is 8.13. The average Bonchev–Trinajstić information content (AvgIpc) is 2.76. The average molecular weight is 233 g/mol. The predicted molar refractivity (Wildman–Crippen MR) is 70.8 cm³/mol. The number of nitrogens with one attached hydrogen (secondary N) is 1. The SMILES string of the molecule is CCC1CCCC(NC2C3C4CCC(C4)C23)C1. The Balaban J connectivity index is 1.34. The van der Waals surface area contributed by atoms with E-state index in [-0.39, 0.29) is 0 Å². The van der Waals surface area contributed by atoms with E-state index < -0.39 is 0 Å². The van der Waals surface area contributed by atoms with Crippen molar-refractivity contribution in [2.75, 3.05) is 0 Å². The lowest BCUT2D eigenvalue weighted by Gasteiger charge is -2.30. The molecule has 1 heteroatoms. The van der Waals surface area contributed by atoms with Gasteiger partial charge in [0.05, 0.1) is 0 Å². The largest absolute Gasteiger partial charge is 0.311 e. The summed E-state index contributed by atoms with van der Waals surface area (Å²) in [6.45, 7) is 2.37. The standard InChI is InChI=1S/C16H27N/c1-2-10-4-3-5-13(8-10)17-16-14-11-6-7-12(9-11)15(14)16/h10-17H,2-9H2,1H3. The summed E-state index contributed by atoms with van der Waals surface area (Å²) >= 11 is 0. The van der Waals surface area contributed by atoms with E-state index in [1.165, 1.54) is 32.1 Å². The molecule has 4 aliphatic rings. The van der Waals surface area contributed by atoms with Crippen LogP contribution in [0.2, 0.25) is 0 Å². The minimum atomic E-state index is 0.878. The van der Waals surface area contributed by atoms with Crippen LogP contribution in [0, 0.1) is 29.6 Å². The third-order valence-corrected chi connectivity index (χ3v) is 6.52. The molecule has 4 saturated carbocycles. The summed E-state index contributed by atoms with van der Waals surface area (Å²) in [5.74, 6) is 5.53. The van der Waals surface area contributed by atoms with Gasteiger partial charge in [-0.25, -0.2) is 0 Å². The van der Waals surface area contributed by atoms with Crippen molar-refractivity contribution in [1.29, 1.82) is 0 Å². The van der Waals surface area contributed by atoms with Gasteiger partial charge in [-0.1, -0.05) is 26.2 Å². The van der Waals surface area contributed by atoms with Crippen LogP contribution in [0.3, 0.4) is 0 Å². The van der Waals surface area contributed by atoms with Crippen molar-refractivity contribution >= 4 is 0 Å². The Kier molecular flexibility index (Phi) is 2.54. The topological polar surface area (TPSA) is 12.0 Å². The molecule has 0 aromatic rings. The quantitative estimate of drug-likeness (QED) is 0.785. The molecule has 2 bridgehead atoms. The van der Waals surface area contributed by atoms with Gasteiger partial charge in [-0.15, -0.1) is 0 Å². The minimum Gasteiger partial charge on any atom is -0.311 e. The fraction of sp³-hybridized carbons (Fsp3) is 1.00. The summed E-state index contributed by atoms with van der Waals surface area (Å²) in [5, 5.41) is 4.06. The van der Waals surface area contributed by atoms with Crippen LogP contribution >= 0.6 is 0 Å². The van der Waals surface area contributed by atoms with Crippen LogP contribution in [0.1, 0.15) is 58.3 Å². The Morgan fingerprint density at radius 2 is 1.71 bits per heavy atom. The van der Waals surface area contributed by atoms with E-state index in [2.05, 4.69) is 12.2 Å². The highest BCUT2D eigenvalue weighted by Crippen LogP contribution is 2.65. The van der Waals surface area contributed by atoms with Gasteiger partial charge in [0.15, 0.2) is 0 Å². The summed E-state index contributed by atoms with van der Waals surface area (Å²) in [7, 11) is 0. The molecule has 1 N–H and O–H groups in total. The minimum absolute atomic E-state index is 0.878. The second-order valence-corrected chi connectivity index (χ2v) is 7.32. The van der Waals surface area contributed by atoms with Crippen molar-refractivity contribution in [3.63, 3.8) is 0 Å². The molecule has 0 aromatic heterocycles. The lowest BCUT2D eigenvalue weighted by molar-refractivity contribution is 0.267. The first kappa shape index (κ1) is 10.8. The van der Waals surface area contributed by atoms with Crippen molar-refractivity contribution < 1.29 is 0 Å². The van der Waals surface area contributed by atoms with Crippen LogP contribution in [0.25, 0.3) is 0 Å². The Morgan fingerprint density at radius 3 is 2.41 bits per heavy atom. The molecule has 6 atom stereocenters. The zero-order chi connectivity index (χ0) is 11.4. The first-order chi connectivity index (χ1) is 8.36. The molecule has 0 aliphatic heterocycles. The van der Waals surface area contributed by atoms with E-state index in [1.54, 1.807) is 19.3 Å². The Hall–Kier alpha value is -0.0400. The molecular formula is C16H27N. The number of fused-ring (bicyclic) bond motifs is 5. The van der Waals surface area contributed by atoms with E-state index in [9.17, 15) is 0 Å². The zero-order valence-electron chi connectivity index (χ0n) is 11.2. The van der Waals surface area contributed by atoms with E-state index in [0.717, 1.165) is 41.7 Å².